The first-order valence-electron chi connectivity index (χ1n) is 9.19. The summed E-state index contributed by atoms with van der Waals surface area (Å²) in [6, 6.07) is 15.7. The minimum absolute atomic E-state index is 0.0469. The van der Waals surface area contributed by atoms with E-state index in [9.17, 15) is 4.79 Å². The molecular weight excluding hydrogens is 328 g/mol. The summed E-state index contributed by atoms with van der Waals surface area (Å²) in [7, 11) is 0. The van der Waals surface area contributed by atoms with Gasteiger partial charge in [0.25, 0.3) is 5.91 Å². The molecule has 1 aromatic carbocycles. The molecule has 0 aliphatic carbocycles. The summed E-state index contributed by atoms with van der Waals surface area (Å²) in [5.74, 6) is -0.0469. The lowest BCUT2D eigenvalue weighted by molar-refractivity contribution is -0.0959. The lowest BCUT2D eigenvalue weighted by Crippen LogP contribution is -2.42. The van der Waals surface area contributed by atoms with Crippen molar-refractivity contribution in [3.63, 3.8) is 0 Å². The molecule has 2 fully saturated rings. The molecular formula is C21H24N2O3. The molecule has 0 N–H and O–H groups in total. The Bertz CT molecular complexity index is 772. The lowest BCUT2D eigenvalue weighted by Gasteiger charge is -2.28. The molecule has 1 amide bonds. The number of carbonyl (C=O) groups excluding carboxylic acids is 1. The molecule has 26 heavy (non-hydrogen) atoms. The number of rotatable bonds is 4. The first-order chi connectivity index (χ1) is 12.7. The Morgan fingerprint density at radius 1 is 1.27 bits per heavy atom. The number of nitrogens with zero attached hydrogens (tertiary/aromatic N) is 2. The lowest BCUT2D eigenvalue weighted by atomic mass is 9.96. The summed E-state index contributed by atoms with van der Waals surface area (Å²) in [6.07, 6.45) is 1.83. The molecule has 5 heteroatoms. The first kappa shape index (κ1) is 17.2. The average molecular weight is 352 g/mol. The largest absolute Gasteiger partial charge is 0.370 e. The number of hydrogen-bond donors (Lipinski definition) is 0. The molecule has 2 aliphatic rings. The molecule has 2 aromatic rings. The third-order valence-electron chi connectivity index (χ3n) is 5.25. The minimum atomic E-state index is -0.381. The van der Waals surface area contributed by atoms with Crippen molar-refractivity contribution in [2.24, 2.45) is 0 Å². The van der Waals surface area contributed by atoms with Crippen LogP contribution in [0.25, 0.3) is 0 Å². The number of aromatic nitrogens is 1. The standard InChI is InChI=1S/C21H24N2O3/c1-16-7-5-10-18(22-16)20(24)23-13-19(21(15-23)11-6-12-26-21)25-14-17-8-3-2-4-9-17/h2-5,7-10,19H,6,11-15H2,1H3/t19-,21-/m0/s1. The van der Waals surface area contributed by atoms with E-state index in [0.717, 1.165) is 30.7 Å². The van der Waals surface area contributed by atoms with E-state index in [2.05, 4.69) is 17.1 Å². The number of aryl methyl sites for hydroxylation is 1. The van der Waals surface area contributed by atoms with Crippen LogP contribution in [0.1, 0.15) is 34.6 Å². The predicted molar refractivity (Wildman–Crippen MR) is 97.8 cm³/mol. The van der Waals surface area contributed by atoms with E-state index in [-0.39, 0.29) is 17.6 Å². The van der Waals surface area contributed by atoms with E-state index >= 15 is 0 Å². The SMILES string of the molecule is Cc1cccc(C(=O)N2C[C@H](OCc3ccccc3)[C@]3(CCCO3)C2)n1. The van der Waals surface area contributed by atoms with E-state index in [1.165, 1.54) is 0 Å². The van der Waals surface area contributed by atoms with E-state index in [1.54, 1.807) is 6.07 Å². The zero-order chi connectivity index (χ0) is 18.0. The van der Waals surface area contributed by atoms with Crippen LogP contribution in [0.3, 0.4) is 0 Å². The van der Waals surface area contributed by atoms with Gasteiger partial charge in [0.1, 0.15) is 17.4 Å². The maximum absolute atomic E-state index is 12.9. The van der Waals surface area contributed by atoms with Gasteiger partial charge in [-0.2, -0.15) is 0 Å². The maximum atomic E-state index is 12.9. The zero-order valence-electron chi connectivity index (χ0n) is 15.1. The van der Waals surface area contributed by atoms with Gasteiger partial charge in [0.15, 0.2) is 0 Å². The topological polar surface area (TPSA) is 51.7 Å². The molecule has 2 atom stereocenters. The highest BCUT2D eigenvalue weighted by molar-refractivity contribution is 5.92. The number of carbonyl (C=O) groups is 1. The Hall–Kier alpha value is -2.24. The molecule has 0 radical (unpaired) electrons. The monoisotopic (exact) mass is 352 g/mol. The van der Waals surface area contributed by atoms with Crippen molar-refractivity contribution in [3.8, 4) is 0 Å². The van der Waals surface area contributed by atoms with Gasteiger partial charge in [-0.05, 0) is 37.5 Å². The Morgan fingerprint density at radius 3 is 2.85 bits per heavy atom. The molecule has 2 saturated heterocycles. The Morgan fingerprint density at radius 2 is 2.12 bits per heavy atom. The van der Waals surface area contributed by atoms with Crippen LogP contribution in [0.5, 0.6) is 0 Å². The smallest absolute Gasteiger partial charge is 0.272 e. The van der Waals surface area contributed by atoms with Crippen molar-refractivity contribution < 1.29 is 14.3 Å². The minimum Gasteiger partial charge on any atom is -0.370 e. The van der Waals surface area contributed by atoms with Gasteiger partial charge < -0.3 is 14.4 Å². The van der Waals surface area contributed by atoms with Crippen LogP contribution in [-0.4, -0.2) is 47.2 Å². The van der Waals surface area contributed by atoms with E-state index < -0.39 is 0 Å². The van der Waals surface area contributed by atoms with Gasteiger partial charge in [-0.25, -0.2) is 4.98 Å². The van der Waals surface area contributed by atoms with Gasteiger partial charge in [-0.3, -0.25) is 4.79 Å². The summed E-state index contributed by atoms with van der Waals surface area (Å²) in [5.41, 5.74) is 2.08. The van der Waals surface area contributed by atoms with Crippen molar-refractivity contribution in [3.05, 3.63) is 65.5 Å². The van der Waals surface area contributed by atoms with Crippen molar-refractivity contribution in [1.82, 2.24) is 9.88 Å². The van der Waals surface area contributed by atoms with E-state index in [1.807, 2.05) is 42.2 Å². The number of hydrogen-bond acceptors (Lipinski definition) is 4. The Labute approximate surface area is 153 Å². The second kappa shape index (κ2) is 7.17. The third kappa shape index (κ3) is 3.37. The van der Waals surface area contributed by atoms with E-state index in [0.29, 0.717) is 25.4 Å². The van der Waals surface area contributed by atoms with Crippen LogP contribution in [0, 0.1) is 6.92 Å². The third-order valence-corrected chi connectivity index (χ3v) is 5.25. The Balaban J connectivity index is 1.50. The number of benzene rings is 1. The van der Waals surface area contributed by atoms with Crippen molar-refractivity contribution in [2.45, 2.75) is 38.1 Å². The van der Waals surface area contributed by atoms with Gasteiger partial charge in [0.2, 0.25) is 0 Å². The number of amides is 1. The van der Waals surface area contributed by atoms with Gasteiger partial charge in [0.05, 0.1) is 19.7 Å². The van der Waals surface area contributed by atoms with Crippen LogP contribution >= 0.6 is 0 Å². The summed E-state index contributed by atoms with van der Waals surface area (Å²) >= 11 is 0. The van der Waals surface area contributed by atoms with Crippen molar-refractivity contribution >= 4 is 5.91 Å². The number of ether oxygens (including phenoxy) is 2. The highest BCUT2D eigenvalue weighted by Gasteiger charge is 2.52. The van der Waals surface area contributed by atoms with Gasteiger partial charge in [-0.15, -0.1) is 0 Å². The molecule has 5 nitrogen and oxygen atoms in total. The molecule has 4 rings (SSSR count). The summed E-state index contributed by atoms with van der Waals surface area (Å²) in [5, 5.41) is 0. The van der Waals surface area contributed by atoms with Crippen molar-refractivity contribution in [2.75, 3.05) is 19.7 Å². The highest BCUT2D eigenvalue weighted by Crippen LogP contribution is 2.37. The summed E-state index contributed by atoms with van der Waals surface area (Å²) in [6.45, 7) is 4.27. The van der Waals surface area contributed by atoms with Crippen LogP contribution in [0.4, 0.5) is 0 Å². The van der Waals surface area contributed by atoms with Gasteiger partial charge >= 0.3 is 0 Å². The molecule has 1 aromatic heterocycles. The van der Waals surface area contributed by atoms with Crippen LogP contribution in [-0.2, 0) is 16.1 Å². The Kier molecular flexibility index (Phi) is 4.74. The number of likely N-dealkylation sites (tertiary alicyclic amines) is 1. The fraction of sp³-hybridized carbons (Fsp3) is 0.429. The second-order valence-corrected chi connectivity index (χ2v) is 7.15. The summed E-state index contributed by atoms with van der Waals surface area (Å²) in [4.78, 5) is 19.1. The summed E-state index contributed by atoms with van der Waals surface area (Å²) < 4.78 is 12.3. The molecule has 0 unspecified atom stereocenters. The molecule has 3 heterocycles. The predicted octanol–water partition coefficient (Wildman–Crippen LogP) is 2.98. The normalized spacial score (nSPS) is 25.1. The van der Waals surface area contributed by atoms with Gasteiger partial charge in [-0.1, -0.05) is 36.4 Å². The molecule has 0 saturated carbocycles. The quantitative estimate of drug-likeness (QED) is 0.849. The average Bonchev–Trinajstić information content (AvgIpc) is 3.28. The maximum Gasteiger partial charge on any atom is 0.272 e. The second-order valence-electron chi connectivity index (χ2n) is 7.15. The molecule has 136 valence electrons. The molecule has 1 spiro atoms. The van der Waals surface area contributed by atoms with Gasteiger partial charge in [0, 0.05) is 12.3 Å². The van der Waals surface area contributed by atoms with E-state index in [4.69, 9.17) is 9.47 Å². The number of pyridine rings is 1. The first-order valence-corrected chi connectivity index (χ1v) is 9.19. The van der Waals surface area contributed by atoms with Crippen LogP contribution in [0.15, 0.2) is 48.5 Å². The fourth-order valence-corrected chi connectivity index (χ4v) is 3.91. The van der Waals surface area contributed by atoms with Crippen LogP contribution < -0.4 is 0 Å². The zero-order valence-corrected chi connectivity index (χ0v) is 15.1. The fourth-order valence-electron chi connectivity index (χ4n) is 3.91. The molecule has 0 bridgehead atoms. The van der Waals surface area contributed by atoms with Crippen LogP contribution in [0.2, 0.25) is 0 Å². The highest BCUT2D eigenvalue weighted by atomic mass is 16.6. The molecule has 2 aliphatic heterocycles. The van der Waals surface area contributed by atoms with Crippen molar-refractivity contribution in [1.29, 1.82) is 0 Å².